The van der Waals surface area contributed by atoms with E-state index in [2.05, 4.69) is 35.3 Å². The van der Waals surface area contributed by atoms with Gasteiger partial charge in [0, 0.05) is 19.6 Å². The van der Waals surface area contributed by atoms with Crippen LogP contribution < -0.4 is 11.1 Å². The van der Waals surface area contributed by atoms with Gasteiger partial charge in [-0.3, -0.25) is 9.69 Å². The normalized spacial score (nSPS) is 20.2. The molecule has 1 aliphatic heterocycles. The number of rotatable bonds is 7. The number of likely N-dealkylation sites (tertiary alicyclic amines) is 1. The molecule has 23 heavy (non-hydrogen) atoms. The molecule has 3 N–H and O–H groups in total. The second kappa shape index (κ2) is 9.04. The highest BCUT2D eigenvalue weighted by Gasteiger charge is 2.18. The Hall–Kier alpha value is -1.39. The average molecular weight is 317 g/mol. The highest BCUT2D eigenvalue weighted by atomic mass is 16.2. The summed E-state index contributed by atoms with van der Waals surface area (Å²) in [4.78, 5) is 14.5. The monoisotopic (exact) mass is 317 g/mol. The minimum absolute atomic E-state index is 0.0479. The molecule has 4 heteroatoms. The maximum absolute atomic E-state index is 12.0. The van der Waals surface area contributed by atoms with Crippen molar-refractivity contribution in [1.29, 1.82) is 0 Å². The van der Waals surface area contributed by atoms with Crippen LogP contribution in [-0.2, 0) is 17.9 Å². The number of hydrogen-bond acceptors (Lipinski definition) is 3. The highest BCUT2D eigenvalue weighted by molar-refractivity contribution is 5.81. The van der Waals surface area contributed by atoms with Gasteiger partial charge in [0.2, 0.25) is 5.91 Å². The molecule has 1 aromatic rings. The van der Waals surface area contributed by atoms with Crippen molar-refractivity contribution < 1.29 is 4.79 Å². The second-order valence-corrected chi connectivity index (χ2v) is 6.86. The maximum Gasteiger partial charge on any atom is 0.237 e. The molecule has 1 amide bonds. The summed E-state index contributed by atoms with van der Waals surface area (Å²) in [7, 11) is 0. The second-order valence-electron chi connectivity index (χ2n) is 6.86. The summed E-state index contributed by atoms with van der Waals surface area (Å²) in [6.45, 7) is 8.25. The van der Waals surface area contributed by atoms with E-state index in [0.29, 0.717) is 6.54 Å². The van der Waals surface area contributed by atoms with E-state index in [0.717, 1.165) is 25.3 Å². The molecule has 0 saturated carbocycles. The number of nitrogens with two attached hydrogens (primary N) is 1. The average Bonchev–Trinajstić information content (AvgIpc) is 2.54. The first-order valence-electron chi connectivity index (χ1n) is 8.92. The van der Waals surface area contributed by atoms with Crippen LogP contribution in [0.1, 0.15) is 50.7 Å². The maximum atomic E-state index is 12.0. The first-order valence-corrected chi connectivity index (χ1v) is 8.92. The minimum Gasteiger partial charge on any atom is -0.351 e. The first kappa shape index (κ1) is 18.0. The van der Waals surface area contributed by atoms with Crippen LogP contribution in [0.3, 0.4) is 0 Å². The van der Waals surface area contributed by atoms with E-state index in [4.69, 9.17) is 5.73 Å². The molecular formula is C19H31N3O. The third-order valence-electron chi connectivity index (χ3n) is 4.64. The van der Waals surface area contributed by atoms with E-state index in [1.807, 2.05) is 13.0 Å². The van der Waals surface area contributed by atoms with E-state index in [9.17, 15) is 4.79 Å². The fraction of sp³-hybridized carbons (Fsp3) is 0.632. The Morgan fingerprint density at radius 3 is 2.83 bits per heavy atom. The Morgan fingerprint density at radius 2 is 2.13 bits per heavy atom. The Bertz CT molecular complexity index is 503. The van der Waals surface area contributed by atoms with Gasteiger partial charge in [-0.05, 0) is 42.9 Å². The predicted molar refractivity (Wildman–Crippen MR) is 94.8 cm³/mol. The number of nitrogens with one attached hydrogen (secondary N) is 1. The SMILES string of the molecule is CCCC(N)C(=O)NCc1ccccc1CN1CCCC(C)C1. The molecule has 0 spiro atoms. The fourth-order valence-corrected chi connectivity index (χ4v) is 3.31. The van der Waals surface area contributed by atoms with Crippen molar-refractivity contribution in [2.45, 2.75) is 58.7 Å². The van der Waals surface area contributed by atoms with Gasteiger partial charge in [0.25, 0.3) is 0 Å². The van der Waals surface area contributed by atoms with Gasteiger partial charge < -0.3 is 11.1 Å². The summed E-state index contributed by atoms with van der Waals surface area (Å²) in [6.07, 6.45) is 4.28. The van der Waals surface area contributed by atoms with Crippen LogP contribution in [0.4, 0.5) is 0 Å². The van der Waals surface area contributed by atoms with Crippen LogP contribution in [0.2, 0.25) is 0 Å². The van der Waals surface area contributed by atoms with E-state index in [1.165, 1.54) is 37.1 Å². The molecule has 0 aromatic heterocycles. The summed E-state index contributed by atoms with van der Waals surface area (Å²) in [6, 6.07) is 8.00. The van der Waals surface area contributed by atoms with Crippen molar-refractivity contribution in [1.82, 2.24) is 10.2 Å². The van der Waals surface area contributed by atoms with Gasteiger partial charge in [0.15, 0.2) is 0 Å². The van der Waals surface area contributed by atoms with Crippen molar-refractivity contribution in [3.05, 3.63) is 35.4 Å². The van der Waals surface area contributed by atoms with Gasteiger partial charge in [0.05, 0.1) is 6.04 Å². The third kappa shape index (κ3) is 5.63. The van der Waals surface area contributed by atoms with Crippen molar-refractivity contribution in [3.63, 3.8) is 0 Å². The molecule has 2 unspecified atom stereocenters. The molecular weight excluding hydrogens is 286 g/mol. The molecule has 128 valence electrons. The topological polar surface area (TPSA) is 58.4 Å². The van der Waals surface area contributed by atoms with E-state index in [1.54, 1.807) is 0 Å². The molecule has 0 radical (unpaired) electrons. The Balaban J connectivity index is 1.93. The molecule has 2 rings (SSSR count). The first-order chi connectivity index (χ1) is 11.1. The molecule has 1 heterocycles. The Labute approximate surface area is 140 Å². The van der Waals surface area contributed by atoms with Gasteiger partial charge in [0.1, 0.15) is 0 Å². The lowest BCUT2D eigenvalue weighted by atomic mass is 9.99. The molecule has 1 fully saturated rings. The Kier molecular flexibility index (Phi) is 7.06. The van der Waals surface area contributed by atoms with Crippen molar-refractivity contribution in [2.24, 2.45) is 11.7 Å². The number of nitrogens with zero attached hydrogens (tertiary/aromatic N) is 1. The molecule has 4 nitrogen and oxygen atoms in total. The van der Waals surface area contributed by atoms with Gasteiger partial charge >= 0.3 is 0 Å². The van der Waals surface area contributed by atoms with Gasteiger partial charge in [-0.1, -0.05) is 44.5 Å². The van der Waals surface area contributed by atoms with E-state index < -0.39 is 6.04 Å². The van der Waals surface area contributed by atoms with Crippen LogP contribution in [0.15, 0.2) is 24.3 Å². The quantitative estimate of drug-likeness (QED) is 0.813. The van der Waals surface area contributed by atoms with Gasteiger partial charge in [-0.15, -0.1) is 0 Å². The summed E-state index contributed by atoms with van der Waals surface area (Å²) >= 11 is 0. The number of amides is 1. The van der Waals surface area contributed by atoms with Gasteiger partial charge in [-0.2, -0.15) is 0 Å². The van der Waals surface area contributed by atoms with E-state index >= 15 is 0 Å². The standard InChI is InChI=1S/C19H31N3O/c1-3-7-18(20)19(23)21-12-16-9-4-5-10-17(16)14-22-11-6-8-15(2)13-22/h4-5,9-10,15,18H,3,6-8,11-14,20H2,1-2H3,(H,21,23). The third-order valence-corrected chi connectivity index (χ3v) is 4.64. The van der Waals surface area contributed by atoms with E-state index in [-0.39, 0.29) is 5.91 Å². The number of hydrogen-bond donors (Lipinski definition) is 2. The van der Waals surface area contributed by atoms with Crippen LogP contribution >= 0.6 is 0 Å². The lowest BCUT2D eigenvalue weighted by Crippen LogP contribution is -2.40. The molecule has 1 aromatic carbocycles. The zero-order chi connectivity index (χ0) is 16.7. The van der Waals surface area contributed by atoms with Crippen molar-refractivity contribution in [3.8, 4) is 0 Å². The molecule has 1 aliphatic rings. The Morgan fingerprint density at radius 1 is 1.39 bits per heavy atom. The smallest absolute Gasteiger partial charge is 0.237 e. The fourth-order valence-electron chi connectivity index (χ4n) is 3.31. The zero-order valence-corrected chi connectivity index (χ0v) is 14.6. The molecule has 0 aliphatic carbocycles. The number of piperidine rings is 1. The van der Waals surface area contributed by atoms with Crippen LogP contribution in [-0.4, -0.2) is 29.9 Å². The lowest BCUT2D eigenvalue weighted by molar-refractivity contribution is -0.122. The van der Waals surface area contributed by atoms with Crippen molar-refractivity contribution >= 4 is 5.91 Å². The predicted octanol–water partition coefficient (Wildman–Crippen LogP) is 2.66. The summed E-state index contributed by atoms with van der Waals surface area (Å²) in [5.41, 5.74) is 8.38. The van der Waals surface area contributed by atoms with Crippen molar-refractivity contribution in [2.75, 3.05) is 13.1 Å². The lowest BCUT2D eigenvalue weighted by Gasteiger charge is -2.31. The number of carbonyl (C=O) groups excluding carboxylic acids is 1. The number of benzene rings is 1. The number of carbonyl (C=O) groups is 1. The summed E-state index contributed by atoms with van der Waals surface area (Å²) in [5, 5.41) is 2.99. The molecule has 1 saturated heterocycles. The summed E-state index contributed by atoms with van der Waals surface area (Å²) < 4.78 is 0. The van der Waals surface area contributed by atoms with Crippen LogP contribution in [0, 0.1) is 5.92 Å². The van der Waals surface area contributed by atoms with Crippen LogP contribution in [0.25, 0.3) is 0 Å². The minimum atomic E-state index is -0.393. The highest BCUT2D eigenvalue weighted by Crippen LogP contribution is 2.19. The van der Waals surface area contributed by atoms with Gasteiger partial charge in [-0.25, -0.2) is 0 Å². The van der Waals surface area contributed by atoms with Crippen LogP contribution in [0.5, 0.6) is 0 Å². The summed E-state index contributed by atoms with van der Waals surface area (Å²) in [5.74, 6) is 0.732. The molecule has 2 atom stereocenters. The molecule has 0 bridgehead atoms. The zero-order valence-electron chi connectivity index (χ0n) is 14.6. The largest absolute Gasteiger partial charge is 0.351 e.